The summed E-state index contributed by atoms with van der Waals surface area (Å²) >= 11 is 1.26. The number of thiophene rings is 1. The SMILES string of the molecule is O=C(NC(C(=O)O)c1cccnc1)c1cccs1. The van der Waals surface area contributed by atoms with Gasteiger partial charge >= 0.3 is 5.97 Å². The van der Waals surface area contributed by atoms with Gasteiger partial charge in [0.25, 0.3) is 5.91 Å². The smallest absolute Gasteiger partial charge is 0.330 e. The highest BCUT2D eigenvalue weighted by Gasteiger charge is 2.23. The number of carbonyl (C=O) groups excluding carboxylic acids is 1. The number of hydrogen-bond donors (Lipinski definition) is 2. The molecular formula is C12H10N2O3S. The van der Waals surface area contributed by atoms with Gasteiger partial charge in [-0.05, 0) is 17.5 Å². The van der Waals surface area contributed by atoms with E-state index in [-0.39, 0.29) is 0 Å². The summed E-state index contributed by atoms with van der Waals surface area (Å²) in [5.41, 5.74) is 0.440. The highest BCUT2D eigenvalue weighted by Crippen LogP contribution is 2.14. The van der Waals surface area contributed by atoms with Crippen molar-refractivity contribution in [1.29, 1.82) is 0 Å². The molecule has 6 heteroatoms. The number of hydrogen-bond acceptors (Lipinski definition) is 4. The Bertz CT molecular complexity index is 540. The lowest BCUT2D eigenvalue weighted by molar-refractivity contribution is -0.139. The van der Waals surface area contributed by atoms with Crippen LogP contribution < -0.4 is 5.32 Å². The van der Waals surface area contributed by atoms with Crippen molar-refractivity contribution in [3.05, 3.63) is 52.5 Å². The molecule has 5 nitrogen and oxygen atoms in total. The Balaban J connectivity index is 2.18. The van der Waals surface area contributed by atoms with Crippen molar-refractivity contribution >= 4 is 23.2 Å². The topological polar surface area (TPSA) is 79.3 Å². The Morgan fingerprint density at radius 1 is 1.33 bits per heavy atom. The minimum Gasteiger partial charge on any atom is -0.479 e. The van der Waals surface area contributed by atoms with Crippen LogP contribution in [0, 0.1) is 0 Å². The Morgan fingerprint density at radius 2 is 2.17 bits per heavy atom. The molecule has 0 aliphatic rings. The second kappa shape index (κ2) is 5.42. The van der Waals surface area contributed by atoms with E-state index in [0.717, 1.165) is 0 Å². The molecule has 1 unspecified atom stereocenters. The van der Waals surface area contributed by atoms with Gasteiger partial charge in [0.05, 0.1) is 4.88 Å². The summed E-state index contributed by atoms with van der Waals surface area (Å²) in [6.45, 7) is 0. The van der Waals surface area contributed by atoms with E-state index in [9.17, 15) is 9.59 Å². The first-order valence-electron chi connectivity index (χ1n) is 5.15. The van der Waals surface area contributed by atoms with Crippen LogP contribution in [0.25, 0.3) is 0 Å². The molecule has 0 spiro atoms. The van der Waals surface area contributed by atoms with Crippen LogP contribution in [0.15, 0.2) is 42.0 Å². The van der Waals surface area contributed by atoms with Gasteiger partial charge in [0.15, 0.2) is 6.04 Å². The second-order valence-electron chi connectivity index (χ2n) is 3.51. The first-order chi connectivity index (χ1) is 8.68. The predicted octanol–water partition coefficient (Wildman–Crippen LogP) is 1.70. The summed E-state index contributed by atoms with van der Waals surface area (Å²) in [5, 5.41) is 13.4. The number of pyridine rings is 1. The number of carboxylic acids is 1. The van der Waals surface area contributed by atoms with Gasteiger partial charge in [-0.25, -0.2) is 4.79 Å². The summed E-state index contributed by atoms with van der Waals surface area (Å²) in [4.78, 5) is 27.3. The van der Waals surface area contributed by atoms with E-state index in [0.29, 0.717) is 10.4 Å². The fraction of sp³-hybridized carbons (Fsp3) is 0.0833. The molecule has 2 aromatic rings. The molecule has 1 amide bonds. The summed E-state index contributed by atoms with van der Waals surface area (Å²) in [7, 11) is 0. The predicted molar refractivity (Wildman–Crippen MR) is 66.4 cm³/mol. The zero-order valence-electron chi connectivity index (χ0n) is 9.24. The Labute approximate surface area is 107 Å². The van der Waals surface area contributed by atoms with Gasteiger partial charge in [-0.1, -0.05) is 12.1 Å². The largest absolute Gasteiger partial charge is 0.479 e. The van der Waals surface area contributed by atoms with Crippen molar-refractivity contribution < 1.29 is 14.7 Å². The number of nitrogens with zero attached hydrogens (tertiary/aromatic N) is 1. The zero-order valence-corrected chi connectivity index (χ0v) is 10.1. The Kier molecular flexibility index (Phi) is 3.69. The lowest BCUT2D eigenvalue weighted by Gasteiger charge is -2.13. The van der Waals surface area contributed by atoms with Crippen LogP contribution in [0.5, 0.6) is 0 Å². The lowest BCUT2D eigenvalue weighted by atomic mass is 10.1. The average Bonchev–Trinajstić information content (AvgIpc) is 2.90. The molecule has 18 heavy (non-hydrogen) atoms. The third kappa shape index (κ3) is 2.72. The first kappa shape index (κ1) is 12.3. The van der Waals surface area contributed by atoms with Crippen LogP contribution in [0.4, 0.5) is 0 Å². The molecule has 0 radical (unpaired) electrons. The minimum absolute atomic E-state index is 0.402. The normalized spacial score (nSPS) is 11.8. The third-order valence-corrected chi connectivity index (χ3v) is 3.15. The van der Waals surface area contributed by atoms with Gasteiger partial charge in [-0.3, -0.25) is 9.78 Å². The Hall–Kier alpha value is -2.21. The first-order valence-corrected chi connectivity index (χ1v) is 6.03. The Morgan fingerprint density at radius 3 is 2.72 bits per heavy atom. The van der Waals surface area contributed by atoms with Crippen molar-refractivity contribution in [3.8, 4) is 0 Å². The van der Waals surface area contributed by atoms with E-state index in [1.54, 1.807) is 35.8 Å². The third-order valence-electron chi connectivity index (χ3n) is 2.29. The monoisotopic (exact) mass is 262 g/mol. The van der Waals surface area contributed by atoms with Crippen molar-refractivity contribution in [3.63, 3.8) is 0 Å². The number of amides is 1. The van der Waals surface area contributed by atoms with Crippen LogP contribution in [0.2, 0.25) is 0 Å². The van der Waals surface area contributed by atoms with Gasteiger partial charge in [0.2, 0.25) is 0 Å². The van der Waals surface area contributed by atoms with Crippen LogP contribution in [0.1, 0.15) is 21.3 Å². The molecule has 2 rings (SSSR count). The van der Waals surface area contributed by atoms with Gasteiger partial charge in [0.1, 0.15) is 0 Å². The number of aromatic nitrogens is 1. The number of carbonyl (C=O) groups is 2. The van der Waals surface area contributed by atoms with Gasteiger partial charge < -0.3 is 10.4 Å². The molecule has 0 bridgehead atoms. The second-order valence-corrected chi connectivity index (χ2v) is 4.46. The summed E-state index contributed by atoms with van der Waals surface area (Å²) in [6, 6.07) is 5.53. The minimum atomic E-state index is -1.12. The molecule has 2 aromatic heterocycles. The molecule has 92 valence electrons. The highest BCUT2D eigenvalue weighted by molar-refractivity contribution is 7.12. The summed E-state index contributed by atoms with van der Waals surface area (Å²) < 4.78 is 0. The maximum Gasteiger partial charge on any atom is 0.330 e. The van der Waals surface area contributed by atoms with Gasteiger partial charge in [-0.2, -0.15) is 0 Å². The van der Waals surface area contributed by atoms with E-state index < -0.39 is 17.9 Å². The lowest BCUT2D eigenvalue weighted by Crippen LogP contribution is -2.33. The van der Waals surface area contributed by atoms with Crippen LogP contribution in [0.3, 0.4) is 0 Å². The molecule has 0 aliphatic carbocycles. The summed E-state index contributed by atoms with van der Waals surface area (Å²) in [5.74, 6) is -1.52. The molecule has 0 aromatic carbocycles. The quantitative estimate of drug-likeness (QED) is 0.879. The highest BCUT2D eigenvalue weighted by atomic mass is 32.1. The molecule has 0 saturated heterocycles. The maximum atomic E-state index is 11.8. The molecule has 0 saturated carbocycles. The molecule has 1 atom stereocenters. The fourth-order valence-electron chi connectivity index (χ4n) is 1.44. The molecule has 0 fully saturated rings. The van der Waals surface area contributed by atoms with Gasteiger partial charge in [-0.15, -0.1) is 11.3 Å². The number of rotatable bonds is 4. The molecule has 2 N–H and O–H groups in total. The molecule has 2 heterocycles. The zero-order chi connectivity index (χ0) is 13.0. The van der Waals surface area contributed by atoms with Crippen LogP contribution in [-0.2, 0) is 4.79 Å². The number of aliphatic carboxylic acids is 1. The van der Waals surface area contributed by atoms with Crippen molar-refractivity contribution in [2.75, 3.05) is 0 Å². The van der Waals surface area contributed by atoms with E-state index in [1.807, 2.05) is 0 Å². The van der Waals surface area contributed by atoms with E-state index in [4.69, 9.17) is 5.11 Å². The van der Waals surface area contributed by atoms with E-state index in [2.05, 4.69) is 10.3 Å². The average molecular weight is 262 g/mol. The number of carboxylic acid groups (broad SMARTS) is 1. The van der Waals surface area contributed by atoms with Gasteiger partial charge in [0, 0.05) is 18.0 Å². The number of nitrogens with one attached hydrogen (secondary N) is 1. The van der Waals surface area contributed by atoms with Crippen LogP contribution in [-0.4, -0.2) is 22.0 Å². The maximum absolute atomic E-state index is 11.8. The van der Waals surface area contributed by atoms with E-state index in [1.165, 1.54) is 17.5 Å². The molecular weight excluding hydrogens is 252 g/mol. The van der Waals surface area contributed by atoms with E-state index >= 15 is 0 Å². The standard InChI is InChI=1S/C12H10N2O3S/c15-11(9-4-2-6-18-9)14-10(12(16)17)8-3-1-5-13-7-8/h1-7,10H,(H,14,15)(H,16,17). The van der Waals surface area contributed by atoms with Crippen LogP contribution >= 0.6 is 11.3 Å². The van der Waals surface area contributed by atoms with Crippen molar-refractivity contribution in [2.45, 2.75) is 6.04 Å². The van der Waals surface area contributed by atoms with Crippen molar-refractivity contribution in [1.82, 2.24) is 10.3 Å². The molecule has 0 aliphatic heterocycles. The van der Waals surface area contributed by atoms with Crippen molar-refractivity contribution in [2.24, 2.45) is 0 Å². The fourth-order valence-corrected chi connectivity index (χ4v) is 2.07. The summed E-state index contributed by atoms with van der Waals surface area (Å²) in [6.07, 6.45) is 2.97.